The molecule has 1 atom stereocenters. The van der Waals surface area contributed by atoms with Crippen molar-refractivity contribution in [2.24, 2.45) is 0 Å². The van der Waals surface area contributed by atoms with E-state index < -0.39 is 23.3 Å². The van der Waals surface area contributed by atoms with Gasteiger partial charge in [0, 0.05) is 35.8 Å². The molecule has 2 aliphatic heterocycles. The highest BCUT2D eigenvalue weighted by Crippen LogP contribution is 2.40. The van der Waals surface area contributed by atoms with Crippen LogP contribution in [0.4, 0.5) is 17.6 Å². The Morgan fingerprint density at radius 3 is 2.67 bits per heavy atom. The van der Waals surface area contributed by atoms with Gasteiger partial charge in [-0.1, -0.05) is 22.8 Å². The molecule has 2 aliphatic rings. The molecule has 3 aromatic carbocycles. The van der Waals surface area contributed by atoms with Gasteiger partial charge in [0.2, 0.25) is 0 Å². The van der Waals surface area contributed by atoms with Crippen molar-refractivity contribution in [3.63, 3.8) is 0 Å². The molecule has 0 radical (unpaired) electrons. The van der Waals surface area contributed by atoms with Crippen molar-refractivity contribution in [3.8, 4) is 17.1 Å². The molecule has 5 aromatic rings. The first-order chi connectivity index (χ1) is 21.6. The molecule has 0 saturated carbocycles. The Morgan fingerprint density at radius 1 is 1.11 bits per heavy atom. The monoisotopic (exact) mass is 643 g/mol. The average Bonchev–Trinajstić information content (AvgIpc) is 3.55. The number of halogens is 5. The normalized spacial score (nSPS) is 17.0. The fraction of sp³-hybridized carbons (Fsp3) is 0.323. The fourth-order valence-electron chi connectivity index (χ4n) is 5.75. The lowest BCUT2D eigenvalue weighted by Gasteiger charge is -2.31. The molecule has 0 spiro atoms. The van der Waals surface area contributed by atoms with Gasteiger partial charge in [-0.25, -0.2) is 14.2 Å². The zero-order valence-electron chi connectivity index (χ0n) is 23.7. The third kappa shape index (κ3) is 6.07. The minimum absolute atomic E-state index is 0.0321. The predicted octanol–water partition coefficient (Wildman–Crippen LogP) is 6.12. The SMILES string of the molecule is O=c1[nH]c(-c2ccc3nc(CN4CCc5cc(C(F)(F)F)c(OCc6ccc(Cl)cc6F)cc5C4)n(C[C@@H]4CCO4)c3c2)no1. The van der Waals surface area contributed by atoms with E-state index in [4.69, 9.17) is 26.1 Å². The molecule has 0 amide bonds. The number of hydrogen-bond acceptors (Lipinski definition) is 7. The van der Waals surface area contributed by atoms with E-state index in [1.54, 1.807) is 6.07 Å². The number of imidazole rings is 1. The molecule has 7 rings (SSSR count). The van der Waals surface area contributed by atoms with Crippen molar-refractivity contribution in [1.29, 1.82) is 0 Å². The smallest absolute Gasteiger partial charge is 0.439 e. The van der Waals surface area contributed by atoms with Crippen LogP contribution >= 0.6 is 11.6 Å². The molecule has 1 fully saturated rings. The van der Waals surface area contributed by atoms with Crippen molar-refractivity contribution >= 4 is 22.6 Å². The first-order valence-electron chi connectivity index (χ1n) is 14.3. The molecular formula is C31H26ClF4N5O4. The Hall–Kier alpha value is -4.20. The zero-order chi connectivity index (χ0) is 31.3. The molecule has 1 saturated heterocycles. The van der Waals surface area contributed by atoms with Crippen LogP contribution in [0.25, 0.3) is 22.4 Å². The number of benzene rings is 3. The van der Waals surface area contributed by atoms with Gasteiger partial charge in [-0.15, -0.1) is 0 Å². The summed E-state index contributed by atoms with van der Waals surface area (Å²) in [7, 11) is 0. The number of alkyl halides is 3. The molecule has 0 bridgehead atoms. The van der Waals surface area contributed by atoms with Crippen LogP contribution in [0.3, 0.4) is 0 Å². The van der Waals surface area contributed by atoms with Gasteiger partial charge in [0.05, 0.1) is 35.8 Å². The molecular weight excluding hydrogens is 618 g/mol. The summed E-state index contributed by atoms with van der Waals surface area (Å²) in [6, 6.07) is 12.0. The third-order valence-corrected chi connectivity index (χ3v) is 8.42. The van der Waals surface area contributed by atoms with Gasteiger partial charge < -0.3 is 14.0 Å². The average molecular weight is 644 g/mol. The molecule has 1 N–H and O–H groups in total. The number of rotatable bonds is 8. The van der Waals surface area contributed by atoms with E-state index in [2.05, 4.69) is 24.1 Å². The predicted molar refractivity (Wildman–Crippen MR) is 155 cm³/mol. The molecule has 0 unspecified atom stereocenters. The summed E-state index contributed by atoms with van der Waals surface area (Å²) in [4.78, 5) is 21.1. The van der Waals surface area contributed by atoms with Crippen LogP contribution in [0.1, 0.15) is 34.5 Å². The number of nitrogens with zero attached hydrogens (tertiary/aromatic N) is 4. The number of aromatic amines is 1. The highest BCUT2D eigenvalue weighted by atomic mass is 35.5. The fourth-order valence-corrected chi connectivity index (χ4v) is 5.90. The highest BCUT2D eigenvalue weighted by molar-refractivity contribution is 6.30. The lowest BCUT2D eigenvalue weighted by molar-refractivity contribution is -0.139. The van der Waals surface area contributed by atoms with E-state index in [1.165, 1.54) is 18.2 Å². The second kappa shape index (κ2) is 11.6. The van der Waals surface area contributed by atoms with Crippen LogP contribution in [0.2, 0.25) is 5.02 Å². The van der Waals surface area contributed by atoms with Crippen LogP contribution in [-0.4, -0.2) is 43.8 Å². The molecule has 4 heterocycles. The lowest BCUT2D eigenvalue weighted by Crippen LogP contribution is -2.34. The quantitative estimate of drug-likeness (QED) is 0.204. The van der Waals surface area contributed by atoms with Gasteiger partial charge in [0.1, 0.15) is 24.0 Å². The first-order valence-corrected chi connectivity index (χ1v) is 14.7. The largest absolute Gasteiger partial charge is 0.488 e. The maximum absolute atomic E-state index is 14.3. The van der Waals surface area contributed by atoms with E-state index >= 15 is 0 Å². The van der Waals surface area contributed by atoms with Crippen molar-refractivity contribution in [2.45, 2.75) is 51.4 Å². The number of hydrogen-bond donors (Lipinski definition) is 1. The van der Waals surface area contributed by atoms with Gasteiger partial charge >= 0.3 is 11.9 Å². The molecule has 14 heteroatoms. The third-order valence-electron chi connectivity index (χ3n) is 8.18. The van der Waals surface area contributed by atoms with Gasteiger partial charge in [-0.3, -0.25) is 14.4 Å². The van der Waals surface area contributed by atoms with Crippen LogP contribution < -0.4 is 10.5 Å². The first kappa shape index (κ1) is 29.5. The summed E-state index contributed by atoms with van der Waals surface area (Å²) >= 11 is 5.81. The summed E-state index contributed by atoms with van der Waals surface area (Å²) in [5, 5.41) is 3.97. The zero-order valence-corrected chi connectivity index (χ0v) is 24.4. The van der Waals surface area contributed by atoms with Crippen molar-refractivity contribution in [2.75, 3.05) is 13.2 Å². The second-order valence-corrected chi connectivity index (χ2v) is 11.6. The standard InChI is InChI=1S/C31H26ClF4N5O4/c32-21-3-1-19(24(33)12-21)16-44-27-11-20-13-40(7-5-17(20)9-23(27)31(34,35)36)15-28-37-25-4-2-18(29-38-30(42)45-39-29)10-26(25)41(28)14-22-6-8-43-22/h1-4,9-12,22H,5-8,13-16H2,(H,38,39,42)/t22-/m0/s1. The van der Waals surface area contributed by atoms with Crippen molar-refractivity contribution in [1.82, 2.24) is 24.6 Å². The molecule has 2 aromatic heterocycles. The van der Waals surface area contributed by atoms with Crippen LogP contribution in [0.15, 0.2) is 57.8 Å². The summed E-state index contributed by atoms with van der Waals surface area (Å²) in [6.07, 6.45) is -3.30. The van der Waals surface area contributed by atoms with Gasteiger partial charge in [-0.2, -0.15) is 13.2 Å². The van der Waals surface area contributed by atoms with Crippen molar-refractivity contribution < 1.29 is 31.6 Å². The summed E-state index contributed by atoms with van der Waals surface area (Å²) in [5.74, 6) is -0.585. The Balaban J connectivity index is 1.17. The number of fused-ring (bicyclic) bond motifs is 2. The second-order valence-electron chi connectivity index (χ2n) is 11.2. The summed E-state index contributed by atoms with van der Waals surface area (Å²) < 4.78 is 74.4. The summed E-state index contributed by atoms with van der Waals surface area (Å²) in [6.45, 7) is 2.21. The number of H-pyrrole nitrogens is 1. The van der Waals surface area contributed by atoms with E-state index in [-0.39, 0.29) is 29.0 Å². The van der Waals surface area contributed by atoms with Crippen LogP contribution in [-0.2, 0) is 43.6 Å². The van der Waals surface area contributed by atoms with Gasteiger partial charge in [-0.05, 0) is 66.4 Å². The number of aromatic nitrogens is 4. The lowest BCUT2D eigenvalue weighted by atomic mass is 9.96. The highest BCUT2D eigenvalue weighted by Gasteiger charge is 2.36. The Bertz CT molecular complexity index is 1950. The van der Waals surface area contributed by atoms with E-state index in [0.29, 0.717) is 61.7 Å². The maximum Gasteiger partial charge on any atom is 0.439 e. The van der Waals surface area contributed by atoms with Gasteiger partial charge in [0.25, 0.3) is 0 Å². The summed E-state index contributed by atoms with van der Waals surface area (Å²) in [5.41, 5.74) is 2.73. The molecule has 9 nitrogen and oxygen atoms in total. The van der Waals surface area contributed by atoms with E-state index in [1.807, 2.05) is 12.1 Å². The molecule has 45 heavy (non-hydrogen) atoms. The van der Waals surface area contributed by atoms with Gasteiger partial charge in [0.15, 0.2) is 5.82 Å². The number of nitrogens with one attached hydrogen (secondary N) is 1. The van der Waals surface area contributed by atoms with E-state index in [9.17, 15) is 22.4 Å². The topological polar surface area (TPSA) is 98.4 Å². The van der Waals surface area contributed by atoms with Crippen LogP contribution in [0, 0.1) is 5.82 Å². The minimum Gasteiger partial charge on any atom is -0.488 e. The molecule has 234 valence electrons. The van der Waals surface area contributed by atoms with Crippen LogP contribution in [0.5, 0.6) is 5.75 Å². The maximum atomic E-state index is 14.3. The van der Waals surface area contributed by atoms with Crippen molar-refractivity contribution in [3.05, 3.63) is 98.0 Å². The Labute approximate surface area is 258 Å². The Morgan fingerprint density at radius 2 is 1.96 bits per heavy atom. The van der Waals surface area contributed by atoms with E-state index in [0.717, 1.165) is 35.4 Å². The molecule has 0 aliphatic carbocycles. The Kier molecular flexibility index (Phi) is 7.62. The minimum atomic E-state index is -4.65. The number of ether oxygens (including phenoxy) is 2.